The molecular formula is C21H29N5O3. The molecule has 3 heterocycles. The highest BCUT2D eigenvalue weighted by Gasteiger charge is 2.30. The van der Waals surface area contributed by atoms with Gasteiger partial charge >= 0.3 is 6.09 Å². The number of H-pyrrole nitrogens is 1. The minimum Gasteiger partial charge on any atom is -0.475 e. The lowest BCUT2D eigenvalue weighted by atomic mass is 10.0. The van der Waals surface area contributed by atoms with Crippen LogP contribution in [0.2, 0.25) is 0 Å². The third kappa shape index (κ3) is 4.63. The minimum atomic E-state index is -0.335. The van der Waals surface area contributed by atoms with Gasteiger partial charge in [-0.25, -0.2) is 9.78 Å². The van der Waals surface area contributed by atoms with Crippen molar-refractivity contribution in [3.05, 3.63) is 29.1 Å². The molecule has 4 rings (SSSR count). The van der Waals surface area contributed by atoms with E-state index in [1.165, 1.54) is 0 Å². The lowest BCUT2D eigenvalue weighted by molar-refractivity contribution is 0.0996. The normalized spacial score (nSPS) is 25.1. The van der Waals surface area contributed by atoms with Crippen molar-refractivity contribution < 1.29 is 14.3 Å². The van der Waals surface area contributed by atoms with Crippen LogP contribution >= 0.6 is 0 Å². The number of ether oxygens (including phenoxy) is 2. The molecule has 1 aliphatic carbocycles. The second kappa shape index (κ2) is 8.31. The summed E-state index contributed by atoms with van der Waals surface area (Å²) in [5, 5.41) is 13.8. The molecule has 0 unspecified atom stereocenters. The highest BCUT2D eigenvalue weighted by atomic mass is 16.6. The fourth-order valence-electron chi connectivity index (χ4n) is 4.01. The van der Waals surface area contributed by atoms with Gasteiger partial charge in [0.25, 0.3) is 0 Å². The average molecular weight is 399 g/mol. The number of carbonyl (C=O) groups is 1. The molecule has 0 spiro atoms. The number of nitrogens with one attached hydrogen (secondary N) is 3. The smallest absolute Gasteiger partial charge is 0.407 e. The van der Waals surface area contributed by atoms with Gasteiger partial charge in [-0.15, -0.1) is 0 Å². The Bertz CT molecular complexity index is 881. The zero-order chi connectivity index (χ0) is 20.4. The third-order valence-electron chi connectivity index (χ3n) is 5.83. The van der Waals surface area contributed by atoms with Gasteiger partial charge in [0.2, 0.25) is 5.88 Å². The predicted octanol–water partition coefficient (Wildman–Crippen LogP) is 4.09. The van der Waals surface area contributed by atoms with Crippen LogP contribution in [-0.4, -0.2) is 40.0 Å². The SMILES string of the molecule is Cc1nc2cc(c1C)Nc1cc([nH]n1)[C@H]1CC[C@H](C1)OC(=O)NCCC[C@H](C)O2. The second-order valence-electron chi connectivity index (χ2n) is 8.09. The van der Waals surface area contributed by atoms with E-state index in [1.807, 2.05) is 32.9 Å². The molecule has 1 aliphatic heterocycles. The predicted molar refractivity (Wildman–Crippen MR) is 110 cm³/mol. The standard InChI is InChI=1S/C21H29N5O3/c1-12-5-4-8-22-21(27)29-16-7-6-15(9-16)18-10-19(26-25-18)24-17-11-20(28-12)23-14(3)13(17)2/h10-12,15-16H,4-9H2,1-3H3,(H,22,27)(H2,24,25,26)/t12-,15-,16+/m0/s1. The fourth-order valence-corrected chi connectivity index (χ4v) is 4.01. The van der Waals surface area contributed by atoms with E-state index in [0.29, 0.717) is 18.3 Å². The van der Waals surface area contributed by atoms with E-state index in [2.05, 4.69) is 25.8 Å². The number of pyridine rings is 1. The number of nitrogens with zero attached hydrogens (tertiary/aromatic N) is 2. The Balaban J connectivity index is 1.59. The number of fused-ring (bicyclic) bond motifs is 7. The highest BCUT2D eigenvalue weighted by Crippen LogP contribution is 2.36. The van der Waals surface area contributed by atoms with Gasteiger partial charge < -0.3 is 20.1 Å². The molecule has 8 heteroatoms. The maximum absolute atomic E-state index is 12.1. The lowest BCUT2D eigenvalue weighted by Gasteiger charge is -2.17. The number of aromatic nitrogens is 3. The highest BCUT2D eigenvalue weighted by molar-refractivity contribution is 5.67. The number of amides is 1. The number of anilines is 2. The first-order chi connectivity index (χ1) is 14.0. The van der Waals surface area contributed by atoms with Crippen molar-refractivity contribution in [3.8, 4) is 5.88 Å². The monoisotopic (exact) mass is 399 g/mol. The summed E-state index contributed by atoms with van der Waals surface area (Å²) in [7, 11) is 0. The van der Waals surface area contributed by atoms with Gasteiger partial charge in [-0.1, -0.05) is 0 Å². The Morgan fingerprint density at radius 1 is 1.14 bits per heavy atom. The molecule has 3 N–H and O–H groups in total. The van der Waals surface area contributed by atoms with Crippen molar-refractivity contribution in [2.45, 2.75) is 71.0 Å². The molecule has 29 heavy (non-hydrogen) atoms. The molecule has 2 aromatic heterocycles. The van der Waals surface area contributed by atoms with Crippen LogP contribution in [0.5, 0.6) is 5.88 Å². The Hall–Kier alpha value is -2.77. The Morgan fingerprint density at radius 3 is 2.86 bits per heavy atom. The number of alkyl carbamates (subject to hydrolysis) is 1. The Labute approximate surface area is 170 Å². The third-order valence-corrected chi connectivity index (χ3v) is 5.83. The topological polar surface area (TPSA) is 101 Å². The summed E-state index contributed by atoms with van der Waals surface area (Å²) < 4.78 is 11.6. The van der Waals surface area contributed by atoms with Crippen LogP contribution in [0.4, 0.5) is 16.3 Å². The first-order valence-corrected chi connectivity index (χ1v) is 10.4. The summed E-state index contributed by atoms with van der Waals surface area (Å²) in [5.74, 6) is 1.66. The maximum Gasteiger partial charge on any atom is 0.407 e. The van der Waals surface area contributed by atoms with Gasteiger partial charge in [0.1, 0.15) is 6.10 Å². The molecular weight excluding hydrogens is 370 g/mol. The second-order valence-corrected chi connectivity index (χ2v) is 8.09. The zero-order valence-electron chi connectivity index (χ0n) is 17.2. The molecule has 2 aromatic rings. The van der Waals surface area contributed by atoms with Crippen molar-refractivity contribution in [1.82, 2.24) is 20.5 Å². The molecule has 0 radical (unpaired) electrons. The summed E-state index contributed by atoms with van der Waals surface area (Å²) >= 11 is 0. The first-order valence-electron chi connectivity index (χ1n) is 10.4. The van der Waals surface area contributed by atoms with E-state index in [4.69, 9.17) is 9.47 Å². The molecule has 3 atom stereocenters. The van der Waals surface area contributed by atoms with Crippen molar-refractivity contribution in [3.63, 3.8) is 0 Å². The summed E-state index contributed by atoms with van der Waals surface area (Å²) in [6.45, 7) is 6.60. The van der Waals surface area contributed by atoms with E-state index < -0.39 is 0 Å². The average Bonchev–Trinajstić information content (AvgIpc) is 3.31. The summed E-state index contributed by atoms with van der Waals surface area (Å²) in [6, 6.07) is 3.96. The van der Waals surface area contributed by atoms with Gasteiger partial charge in [-0.05, 0) is 58.4 Å². The molecule has 0 saturated heterocycles. The van der Waals surface area contributed by atoms with Gasteiger partial charge in [-0.2, -0.15) is 5.10 Å². The molecule has 156 valence electrons. The molecule has 1 amide bonds. The van der Waals surface area contributed by atoms with Crippen LogP contribution in [0, 0.1) is 13.8 Å². The van der Waals surface area contributed by atoms with Crippen LogP contribution in [0.15, 0.2) is 12.1 Å². The maximum atomic E-state index is 12.1. The summed E-state index contributed by atoms with van der Waals surface area (Å²) in [5.41, 5.74) is 4.00. The fraction of sp³-hybridized carbons (Fsp3) is 0.571. The van der Waals surface area contributed by atoms with E-state index in [9.17, 15) is 4.79 Å². The summed E-state index contributed by atoms with van der Waals surface area (Å²) in [4.78, 5) is 16.6. The molecule has 8 nitrogen and oxygen atoms in total. The van der Waals surface area contributed by atoms with Crippen LogP contribution in [0.25, 0.3) is 0 Å². The van der Waals surface area contributed by atoms with Crippen molar-refractivity contribution in [2.24, 2.45) is 0 Å². The molecule has 6 bridgehead atoms. The largest absolute Gasteiger partial charge is 0.475 e. The Morgan fingerprint density at radius 2 is 2.00 bits per heavy atom. The summed E-state index contributed by atoms with van der Waals surface area (Å²) in [6.07, 6.45) is 3.89. The van der Waals surface area contributed by atoms with E-state index in [1.54, 1.807) is 0 Å². The van der Waals surface area contributed by atoms with Crippen molar-refractivity contribution in [1.29, 1.82) is 0 Å². The molecule has 1 saturated carbocycles. The van der Waals surface area contributed by atoms with Crippen molar-refractivity contribution in [2.75, 3.05) is 11.9 Å². The lowest BCUT2D eigenvalue weighted by Crippen LogP contribution is -2.29. The van der Waals surface area contributed by atoms with Crippen LogP contribution in [0.1, 0.15) is 61.9 Å². The van der Waals surface area contributed by atoms with E-state index >= 15 is 0 Å². The number of aromatic amines is 1. The van der Waals surface area contributed by atoms with Crippen LogP contribution < -0.4 is 15.4 Å². The molecule has 0 aromatic carbocycles. The Kier molecular flexibility index (Phi) is 5.60. The first kappa shape index (κ1) is 19.5. The van der Waals surface area contributed by atoms with Gasteiger partial charge in [0.05, 0.1) is 6.10 Å². The number of rotatable bonds is 0. The minimum absolute atomic E-state index is 0.0123. The number of aryl methyl sites for hydroxylation is 1. The van der Waals surface area contributed by atoms with Crippen LogP contribution in [0.3, 0.4) is 0 Å². The molecule has 1 fully saturated rings. The molecule has 2 aliphatic rings. The van der Waals surface area contributed by atoms with Crippen molar-refractivity contribution >= 4 is 17.6 Å². The van der Waals surface area contributed by atoms with E-state index in [0.717, 1.165) is 60.6 Å². The number of hydrogen-bond donors (Lipinski definition) is 3. The zero-order valence-corrected chi connectivity index (χ0v) is 17.2. The van der Waals surface area contributed by atoms with E-state index in [-0.39, 0.29) is 18.3 Å². The quantitative estimate of drug-likeness (QED) is 0.617. The van der Waals surface area contributed by atoms with Crippen LogP contribution in [-0.2, 0) is 4.74 Å². The van der Waals surface area contributed by atoms with Gasteiger partial charge in [0.15, 0.2) is 5.82 Å². The number of hydrogen-bond acceptors (Lipinski definition) is 6. The number of carbonyl (C=O) groups excluding carboxylic acids is 1. The van der Waals surface area contributed by atoms with Gasteiger partial charge in [0, 0.05) is 41.7 Å². The van der Waals surface area contributed by atoms with Gasteiger partial charge in [-0.3, -0.25) is 5.10 Å².